The van der Waals surface area contributed by atoms with Gasteiger partial charge in [0.05, 0.1) is 5.75 Å². The molecule has 2 atom stereocenters. The highest BCUT2D eigenvalue weighted by Crippen LogP contribution is 2.38. The van der Waals surface area contributed by atoms with Crippen LogP contribution in [0.3, 0.4) is 0 Å². The Morgan fingerprint density at radius 1 is 1.42 bits per heavy atom. The smallest absolute Gasteiger partial charge is 0.148 e. The van der Waals surface area contributed by atoms with E-state index in [9.17, 15) is 8.42 Å². The van der Waals surface area contributed by atoms with Crippen molar-refractivity contribution in [2.75, 3.05) is 32.1 Å². The zero-order chi connectivity index (χ0) is 14.7. The molecule has 0 bridgehead atoms. The van der Waals surface area contributed by atoms with Gasteiger partial charge in [0.2, 0.25) is 0 Å². The summed E-state index contributed by atoms with van der Waals surface area (Å²) >= 11 is 0. The molecule has 4 nitrogen and oxygen atoms in total. The molecule has 0 aromatic carbocycles. The SMILES string of the molecule is CC(C)C1CCCC(CN)(N(C)CCS(C)(=O)=O)C1. The summed E-state index contributed by atoms with van der Waals surface area (Å²) < 4.78 is 22.7. The summed E-state index contributed by atoms with van der Waals surface area (Å²) in [5, 5.41) is 0. The summed E-state index contributed by atoms with van der Waals surface area (Å²) in [6, 6.07) is 0. The van der Waals surface area contributed by atoms with Crippen LogP contribution in [-0.2, 0) is 9.84 Å². The molecule has 0 aliphatic heterocycles. The Bertz CT molecular complexity index is 381. The molecule has 0 amide bonds. The largest absolute Gasteiger partial charge is 0.329 e. The summed E-state index contributed by atoms with van der Waals surface area (Å²) in [4.78, 5) is 2.20. The summed E-state index contributed by atoms with van der Waals surface area (Å²) in [6.45, 7) is 5.75. The van der Waals surface area contributed by atoms with Crippen LogP contribution in [0, 0.1) is 11.8 Å². The fourth-order valence-corrected chi connectivity index (χ4v) is 3.79. The average Bonchev–Trinajstić information content (AvgIpc) is 2.34. The van der Waals surface area contributed by atoms with Crippen LogP contribution in [0.1, 0.15) is 39.5 Å². The molecular formula is C14H30N2O2S. The van der Waals surface area contributed by atoms with Gasteiger partial charge < -0.3 is 5.73 Å². The Morgan fingerprint density at radius 3 is 2.53 bits per heavy atom. The fourth-order valence-electron chi connectivity index (χ4n) is 3.18. The molecule has 1 saturated carbocycles. The third kappa shape index (κ3) is 4.72. The lowest BCUT2D eigenvalue weighted by Crippen LogP contribution is -2.56. The van der Waals surface area contributed by atoms with Crippen molar-refractivity contribution in [1.29, 1.82) is 0 Å². The maximum Gasteiger partial charge on any atom is 0.148 e. The summed E-state index contributed by atoms with van der Waals surface area (Å²) in [5.41, 5.74) is 6.05. The normalized spacial score (nSPS) is 29.1. The highest BCUT2D eigenvalue weighted by atomic mass is 32.2. The van der Waals surface area contributed by atoms with Crippen LogP contribution in [0.4, 0.5) is 0 Å². The first-order valence-electron chi connectivity index (χ1n) is 7.29. The second kappa shape index (κ2) is 6.55. The minimum absolute atomic E-state index is 0.00211. The first kappa shape index (κ1) is 16.9. The number of hydrogen-bond donors (Lipinski definition) is 1. The van der Waals surface area contributed by atoms with E-state index in [0.29, 0.717) is 24.9 Å². The molecule has 2 N–H and O–H groups in total. The van der Waals surface area contributed by atoms with E-state index in [1.165, 1.54) is 19.1 Å². The van der Waals surface area contributed by atoms with E-state index in [4.69, 9.17) is 5.73 Å². The highest BCUT2D eigenvalue weighted by Gasteiger charge is 2.39. The van der Waals surface area contributed by atoms with Gasteiger partial charge in [-0.1, -0.05) is 26.7 Å². The van der Waals surface area contributed by atoms with Crippen LogP contribution < -0.4 is 5.73 Å². The first-order chi connectivity index (χ1) is 8.70. The zero-order valence-electron chi connectivity index (χ0n) is 12.9. The van der Waals surface area contributed by atoms with Crippen molar-refractivity contribution in [3.63, 3.8) is 0 Å². The zero-order valence-corrected chi connectivity index (χ0v) is 13.7. The van der Waals surface area contributed by atoms with Gasteiger partial charge >= 0.3 is 0 Å². The van der Waals surface area contributed by atoms with Crippen LogP contribution >= 0.6 is 0 Å². The van der Waals surface area contributed by atoms with Crippen molar-refractivity contribution < 1.29 is 8.42 Å². The lowest BCUT2D eigenvalue weighted by atomic mass is 9.71. The van der Waals surface area contributed by atoms with Gasteiger partial charge in [0.15, 0.2) is 0 Å². The van der Waals surface area contributed by atoms with Gasteiger partial charge in [0.25, 0.3) is 0 Å². The molecule has 0 spiro atoms. The van der Waals surface area contributed by atoms with E-state index >= 15 is 0 Å². The molecule has 19 heavy (non-hydrogen) atoms. The van der Waals surface area contributed by atoms with Crippen LogP contribution in [0.15, 0.2) is 0 Å². The quantitative estimate of drug-likeness (QED) is 0.805. The predicted octanol–water partition coefficient (Wildman–Crippen LogP) is 1.51. The third-order valence-electron chi connectivity index (χ3n) is 4.79. The molecule has 0 heterocycles. The number of likely N-dealkylation sites (N-methyl/N-ethyl adjacent to an activating group) is 1. The Hall–Kier alpha value is -0.130. The van der Waals surface area contributed by atoms with Gasteiger partial charge in [-0.05, 0) is 31.7 Å². The lowest BCUT2D eigenvalue weighted by molar-refractivity contribution is 0.0496. The summed E-state index contributed by atoms with van der Waals surface area (Å²) in [7, 11) is -0.877. The van der Waals surface area contributed by atoms with Gasteiger partial charge in [-0.3, -0.25) is 4.90 Å². The van der Waals surface area contributed by atoms with E-state index in [0.717, 1.165) is 12.8 Å². The summed E-state index contributed by atoms with van der Waals surface area (Å²) in [5.74, 6) is 1.60. The van der Waals surface area contributed by atoms with E-state index in [2.05, 4.69) is 18.7 Å². The maximum atomic E-state index is 11.3. The fraction of sp³-hybridized carbons (Fsp3) is 1.00. The van der Waals surface area contributed by atoms with E-state index in [-0.39, 0.29) is 11.3 Å². The molecule has 1 aliphatic rings. The van der Waals surface area contributed by atoms with Crippen LogP contribution in [0.5, 0.6) is 0 Å². The van der Waals surface area contributed by atoms with Crippen molar-refractivity contribution in [1.82, 2.24) is 4.90 Å². The number of sulfone groups is 1. The molecule has 1 rings (SSSR count). The molecule has 5 heteroatoms. The highest BCUT2D eigenvalue weighted by molar-refractivity contribution is 7.90. The maximum absolute atomic E-state index is 11.3. The Kier molecular flexibility index (Phi) is 5.83. The standard InChI is InChI=1S/C14H30N2O2S/c1-12(2)13-6-5-7-14(10-13,11-15)16(3)8-9-19(4,17)18/h12-13H,5-11,15H2,1-4H3. The van der Waals surface area contributed by atoms with Crippen molar-refractivity contribution in [3.05, 3.63) is 0 Å². The number of rotatable bonds is 6. The molecular weight excluding hydrogens is 260 g/mol. The second-order valence-corrected chi connectivity index (χ2v) is 8.84. The third-order valence-corrected chi connectivity index (χ3v) is 5.71. The average molecular weight is 290 g/mol. The van der Waals surface area contributed by atoms with Crippen LogP contribution in [0.2, 0.25) is 0 Å². The number of nitrogens with zero attached hydrogens (tertiary/aromatic N) is 1. The Balaban J connectivity index is 2.73. The Morgan fingerprint density at radius 2 is 2.05 bits per heavy atom. The van der Waals surface area contributed by atoms with E-state index in [1.54, 1.807) is 0 Å². The van der Waals surface area contributed by atoms with Crippen LogP contribution in [0.25, 0.3) is 0 Å². The minimum atomic E-state index is -2.91. The number of nitrogens with two attached hydrogens (primary N) is 1. The van der Waals surface area contributed by atoms with E-state index < -0.39 is 9.84 Å². The van der Waals surface area contributed by atoms with Crippen molar-refractivity contribution in [3.8, 4) is 0 Å². The molecule has 0 aromatic heterocycles. The number of hydrogen-bond acceptors (Lipinski definition) is 4. The van der Waals surface area contributed by atoms with Crippen molar-refractivity contribution in [2.24, 2.45) is 17.6 Å². The lowest BCUT2D eigenvalue weighted by Gasteiger charge is -2.47. The molecule has 1 aliphatic carbocycles. The van der Waals surface area contributed by atoms with Gasteiger partial charge in [-0.15, -0.1) is 0 Å². The molecule has 1 fully saturated rings. The van der Waals surface area contributed by atoms with Gasteiger partial charge in [-0.25, -0.2) is 8.42 Å². The molecule has 2 unspecified atom stereocenters. The first-order valence-corrected chi connectivity index (χ1v) is 9.35. The van der Waals surface area contributed by atoms with Crippen LogP contribution in [-0.4, -0.2) is 51.0 Å². The molecule has 114 valence electrons. The van der Waals surface area contributed by atoms with Gasteiger partial charge in [0, 0.05) is 24.9 Å². The monoisotopic (exact) mass is 290 g/mol. The topological polar surface area (TPSA) is 63.4 Å². The molecule has 0 radical (unpaired) electrons. The predicted molar refractivity (Wildman–Crippen MR) is 80.9 cm³/mol. The second-order valence-electron chi connectivity index (χ2n) is 6.58. The van der Waals surface area contributed by atoms with Crippen molar-refractivity contribution >= 4 is 9.84 Å². The molecule has 0 aromatic rings. The molecule has 0 saturated heterocycles. The van der Waals surface area contributed by atoms with Gasteiger partial charge in [-0.2, -0.15) is 0 Å². The van der Waals surface area contributed by atoms with Gasteiger partial charge in [0.1, 0.15) is 9.84 Å². The Labute approximate surface area is 118 Å². The van der Waals surface area contributed by atoms with Crippen molar-refractivity contribution in [2.45, 2.75) is 45.1 Å². The minimum Gasteiger partial charge on any atom is -0.329 e. The van der Waals surface area contributed by atoms with E-state index in [1.807, 2.05) is 7.05 Å². The summed E-state index contributed by atoms with van der Waals surface area (Å²) in [6.07, 6.45) is 5.96.